The topological polar surface area (TPSA) is 72.2 Å². The van der Waals surface area contributed by atoms with Crippen molar-refractivity contribution in [3.05, 3.63) is 39.9 Å². The van der Waals surface area contributed by atoms with E-state index in [-0.39, 0.29) is 18.0 Å². The van der Waals surface area contributed by atoms with E-state index in [2.05, 4.69) is 12.2 Å². The van der Waals surface area contributed by atoms with Crippen LogP contribution in [-0.2, 0) is 0 Å². The molecule has 0 aromatic heterocycles. The number of Topliss-reactive ketones (excluding diaryl/α,β-unsaturated/α-hetero) is 1. The molecule has 5 heteroatoms. The summed E-state index contributed by atoms with van der Waals surface area (Å²) in [6.07, 6.45) is 4.66. The zero-order valence-electron chi connectivity index (χ0n) is 11.2. The highest BCUT2D eigenvalue weighted by Gasteiger charge is 2.08. The van der Waals surface area contributed by atoms with E-state index in [1.807, 2.05) is 0 Å². The molecule has 0 fully saturated rings. The van der Waals surface area contributed by atoms with Crippen LogP contribution >= 0.6 is 0 Å². The normalized spacial score (nSPS) is 10.4. The number of rotatable bonds is 9. The lowest BCUT2D eigenvalue weighted by Crippen LogP contribution is -2.24. The minimum Gasteiger partial charge on any atom is -0.310 e. The number of nitro groups is 1. The highest BCUT2D eigenvalue weighted by atomic mass is 16.6. The predicted molar refractivity (Wildman–Crippen MR) is 74.4 cm³/mol. The van der Waals surface area contributed by atoms with Crippen LogP contribution in [0.25, 0.3) is 0 Å². The lowest BCUT2D eigenvalue weighted by atomic mass is 10.1. The monoisotopic (exact) mass is 264 g/mol. The Labute approximate surface area is 113 Å². The molecule has 0 bridgehead atoms. The number of carbonyl (C=O) groups excluding carboxylic acids is 1. The molecule has 1 aromatic rings. The van der Waals surface area contributed by atoms with E-state index in [0.29, 0.717) is 5.56 Å². The molecule has 0 saturated carbocycles. The molecule has 0 unspecified atom stereocenters. The third kappa shape index (κ3) is 5.61. The van der Waals surface area contributed by atoms with Crippen LogP contribution in [0, 0.1) is 10.1 Å². The van der Waals surface area contributed by atoms with Crippen LogP contribution < -0.4 is 5.32 Å². The van der Waals surface area contributed by atoms with E-state index in [1.54, 1.807) is 0 Å². The molecule has 19 heavy (non-hydrogen) atoms. The Morgan fingerprint density at radius 1 is 1.21 bits per heavy atom. The van der Waals surface area contributed by atoms with Crippen LogP contribution in [0.5, 0.6) is 0 Å². The van der Waals surface area contributed by atoms with Gasteiger partial charge in [0.15, 0.2) is 5.78 Å². The summed E-state index contributed by atoms with van der Waals surface area (Å²) < 4.78 is 0. The molecule has 0 spiro atoms. The summed E-state index contributed by atoms with van der Waals surface area (Å²) in [7, 11) is 0. The summed E-state index contributed by atoms with van der Waals surface area (Å²) in [5, 5.41) is 13.6. The SMILES string of the molecule is CCCCCCNCC(=O)c1ccc([N+](=O)[O-])cc1. The van der Waals surface area contributed by atoms with Crippen molar-refractivity contribution in [2.45, 2.75) is 32.6 Å². The smallest absolute Gasteiger partial charge is 0.269 e. The number of hydrogen-bond acceptors (Lipinski definition) is 4. The van der Waals surface area contributed by atoms with Gasteiger partial charge in [0.1, 0.15) is 0 Å². The number of unbranched alkanes of at least 4 members (excludes halogenated alkanes) is 3. The van der Waals surface area contributed by atoms with Crippen molar-refractivity contribution in [3.8, 4) is 0 Å². The van der Waals surface area contributed by atoms with Gasteiger partial charge in [-0.05, 0) is 25.1 Å². The summed E-state index contributed by atoms with van der Waals surface area (Å²) in [6.45, 7) is 3.27. The highest BCUT2D eigenvalue weighted by molar-refractivity contribution is 5.97. The van der Waals surface area contributed by atoms with Gasteiger partial charge in [0.05, 0.1) is 11.5 Å². The van der Waals surface area contributed by atoms with E-state index in [0.717, 1.165) is 13.0 Å². The Hall–Kier alpha value is -1.75. The molecule has 0 heterocycles. The number of nitrogens with one attached hydrogen (secondary N) is 1. The van der Waals surface area contributed by atoms with Gasteiger partial charge < -0.3 is 5.32 Å². The van der Waals surface area contributed by atoms with E-state index in [9.17, 15) is 14.9 Å². The lowest BCUT2D eigenvalue weighted by Gasteiger charge is -2.04. The van der Waals surface area contributed by atoms with Crippen LogP contribution in [0.15, 0.2) is 24.3 Å². The summed E-state index contributed by atoms with van der Waals surface area (Å²) in [5.74, 6) is -0.0367. The molecule has 0 aliphatic rings. The minimum absolute atomic E-state index is 0.00377. The molecular weight excluding hydrogens is 244 g/mol. The fourth-order valence-corrected chi connectivity index (χ4v) is 1.75. The average molecular weight is 264 g/mol. The molecule has 0 radical (unpaired) electrons. The lowest BCUT2D eigenvalue weighted by molar-refractivity contribution is -0.384. The second-order valence-electron chi connectivity index (χ2n) is 4.46. The molecule has 0 amide bonds. The number of ketones is 1. The van der Waals surface area contributed by atoms with Crippen LogP contribution in [-0.4, -0.2) is 23.8 Å². The Kier molecular flexibility index (Phi) is 6.74. The first-order valence-corrected chi connectivity index (χ1v) is 6.63. The van der Waals surface area contributed by atoms with Crippen LogP contribution in [0.3, 0.4) is 0 Å². The second kappa shape index (κ2) is 8.37. The van der Waals surface area contributed by atoms with Gasteiger partial charge in [-0.25, -0.2) is 0 Å². The molecule has 0 saturated heterocycles. The van der Waals surface area contributed by atoms with Gasteiger partial charge in [-0.1, -0.05) is 26.2 Å². The van der Waals surface area contributed by atoms with Crippen LogP contribution in [0.2, 0.25) is 0 Å². The maximum Gasteiger partial charge on any atom is 0.269 e. The predicted octanol–water partition coefficient (Wildman–Crippen LogP) is 2.95. The third-order valence-corrected chi connectivity index (χ3v) is 2.89. The summed E-state index contributed by atoms with van der Waals surface area (Å²) >= 11 is 0. The van der Waals surface area contributed by atoms with Crippen molar-refractivity contribution in [1.29, 1.82) is 0 Å². The van der Waals surface area contributed by atoms with Gasteiger partial charge in [0.2, 0.25) is 0 Å². The maximum absolute atomic E-state index is 11.8. The van der Waals surface area contributed by atoms with Crippen LogP contribution in [0.1, 0.15) is 43.0 Å². The molecule has 1 aromatic carbocycles. The van der Waals surface area contributed by atoms with Crippen molar-refractivity contribution in [2.24, 2.45) is 0 Å². The first-order valence-electron chi connectivity index (χ1n) is 6.63. The van der Waals surface area contributed by atoms with Crippen molar-refractivity contribution in [1.82, 2.24) is 5.32 Å². The van der Waals surface area contributed by atoms with Gasteiger partial charge in [-0.2, -0.15) is 0 Å². The summed E-state index contributed by atoms with van der Waals surface area (Å²) in [6, 6.07) is 5.71. The maximum atomic E-state index is 11.8. The second-order valence-corrected chi connectivity index (χ2v) is 4.46. The van der Waals surface area contributed by atoms with Crippen molar-refractivity contribution in [2.75, 3.05) is 13.1 Å². The minimum atomic E-state index is -0.472. The van der Waals surface area contributed by atoms with E-state index < -0.39 is 4.92 Å². The molecule has 5 nitrogen and oxygen atoms in total. The molecule has 1 rings (SSSR count). The van der Waals surface area contributed by atoms with Gasteiger partial charge in [-0.3, -0.25) is 14.9 Å². The molecule has 1 N–H and O–H groups in total. The standard InChI is InChI=1S/C14H20N2O3/c1-2-3-4-5-10-15-11-14(17)12-6-8-13(9-7-12)16(18)19/h6-9,15H,2-5,10-11H2,1H3. The zero-order chi connectivity index (χ0) is 14.1. The highest BCUT2D eigenvalue weighted by Crippen LogP contribution is 2.12. The zero-order valence-corrected chi connectivity index (χ0v) is 11.2. The Morgan fingerprint density at radius 2 is 1.89 bits per heavy atom. The third-order valence-electron chi connectivity index (χ3n) is 2.89. The van der Waals surface area contributed by atoms with Crippen LogP contribution in [0.4, 0.5) is 5.69 Å². The number of non-ortho nitro benzene ring substituents is 1. The molecular formula is C14H20N2O3. The number of carbonyl (C=O) groups is 1. The Bertz CT molecular complexity index is 415. The van der Waals surface area contributed by atoms with Crippen molar-refractivity contribution in [3.63, 3.8) is 0 Å². The molecule has 0 aliphatic carbocycles. The Balaban J connectivity index is 2.31. The van der Waals surface area contributed by atoms with Gasteiger partial charge in [0, 0.05) is 17.7 Å². The molecule has 0 atom stereocenters. The fourth-order valence-electron chi connectivity index (χ4n) is 1.75. The average Bonchev–Trinajstić information content (AvgIpc) is 2.42. The number of benzene rings is 1. The van der Waals surface area contributed by atoms with Gasteiger partial charge in [0.25, 0.3) is 5.69 Å². The quantitative estimate of drug-likeness (QED) is 0.322. The van der Waals surface area contributed by atoms with Gasteiger partial charge >= 0.3 is 0 Å². The van der Waals surface area contributed by atoms with Crippen molar-refractivity contribution < 1.29 is 9.72 Å². The number of nitrogens with zero attached hydrogens (tertiary/aromatic N) is 1. The summed E-state index contributed by atoms with van der Waals surface area (Å²) in [4.78, 5) is 21.8. The van der Waals surface area contributed by atoms with E-state index >= 15 is 0 Å². The van der Waals surface area contributed by atoms with Gasteiger partial charge in [-0.15, -0.1) is 0 Å². The van der Waals surface area contributed by atoms with E-state index in [1.165, 1.54) is 43.5 Å². The fraction of sp³-hybridized carbons (Fsp3) is 0.500. The van der Waals surface area contributed by atoms with Crippen molar-refractivity contribution >= 4 is 11.5 Å². The number of nitro benzene ring substituents is 1. The first-order chi connectivity index (χ1) is 9.15. The summed E-state index contributed by atoms with van der Waals surface area (Å²) in [5.41, 5.74) is 0.510. The van der Waals surface area contributed by atoms with E-state index in [4.69, 9.17) is 0 Å². The molecule has 104 valence electrons. The Morgan fingerprint density at radius 3 is 2.47 bits per heavy atom. The molecule has 0 aliphatic heterocycles. The number of hydrogen-bond donors (Lipinski definition) is 1. The first kappa shape index (κ1) is 15.3. The largest absolute Gasteiger partial charge is 0.310 e.